The Morgan fingerprint density at radius 1 is 1.40 bits per heavy atom. The van der Waals surface area contributed by atoms with Gasteiger partial charge in [0.15, 0.2) is 5.82 Å². The second-order valence-electron chi connectivity index (χ2n) is 8.01. The third-order valence-corrected chi connectivity index (χ3v) is 5.28. The molecule has 1 saturated heterocycles. The summed E-state index contributed by atoms with van der Waals surface area (Å²) in [5.41, 5.74) is 1.64. The molecule has 0 bridgehead atoms. The van der Waals surface area contributed by atoms with Crippen LogP contribution in [0.5, 0.6) is 0 Å². The predicted molar refractivity (Wildman–Crippen MR) is 105 cm³/mol. The predicted octanol–water partition coefficient (Wildman–Crippen LogP) is 1.65. The molecule has 3 N–H and O–H groups in total. The number of nitrogens with one attached hydrogen (secondary N) is 3. The second-order valence-corrected chi connectivity index (χ2v) is 8.01. The topological polar surface area (TPSA) is 132 Å². The average molecular weight is 418 g/mol. The van der Waals surface area contributed by atoms with Crippen molar-refractivity contribution in [3.63, 3.8) is 0 Å². The number of aryl methyl sites for hydroxylation is 1. The maximum absolute atomic E-state index is 12.5. The molecule has 162 valence electrons. The largest absolute Gasteiger partial charge is 0.444 e. The first-order chi connectivity index (χ1) is 14.3. The molecule has 3 heterocycles. The first-order valence-corrected chi connectivity index (χ1v) is 9.84. The molecule has 2 amide bonds. The lowest BCUT2D eigenvalue weighted by molar-refractivity contribution is 0.0675. The summed E-state index contributed by atoms with van der Waals surface area (Å²) in [7, 11) is 3.26. The minimum Gasteiger partial charge on any atom is -0.444 e. The Bertz CT molecular complexity index is 934. The van der Waals surface area contributed by atoms with Gasteiger partial charge in [0.2, 0.25) is 0 Å². The Hall–Kier alpha value is -2.92. The van der Waals surface area contributed by atoms with Crippen molar-refractivity contribution in [1.29, 1.82) is 0 Å². The number of aromatic amines is 1. The molecule has 2 fully saturated rings. The third kappa shape index (κ3) is 4.62. The maximum atomic E-state index is 12.5. The molecule has 30 heavy (non-hydrogen) atoms. The Balaban J connectivity index is 1.31. The van der Waals surface area contributed by atoms with Gasteiger partial charge in [0.1, 0.15) is 17.9 Å². The number of amides is 2. The number of nitrogens with zero attached hydrogens (tertiary/aromatic N) is 3. The van der Waals surface area contributed by atoms with Crippen molar-refractivity contribution in [3.05, 3.63) is 29.2 Å². The van der Waals surface area contributed by atoms with E-state index in [-0.39, 0.29) is 23.7 Å². The van der Waals surface area contributed by atoms with Crippen LogP contribution in [0.2, 0.25) is 0 Å². The van der Waals surface area contributed by atoms with Gasteiger partial charge in [-0.15, -0.1) is 0 Å². The van der Waals surface area contributed by atoms with E-state index >= 15 is 0 Å². The van der Waals surface area contributed by atoms with Gasteiger partial charge in [-0.25, -0.2) is 4.79 Å². The quantitative estimate of drug-likeness (QED) is 0.623. The van der Waals surface area contributed by atoms with Crippen LogP contribution in [0.4, 0.5) is 10.6 Å². The van der Waals surface area contributed by atoms with Crippen LogP contribution in [-0.4, -0.2) is 57.3 Å². The summed E-state index contributed by atoms with van der Waals surface area (Å²) in [6, 6.07) is 3.38. The van der Waals surface area contributed by atoms with E-state index in [1.165, 1.54) is 4.68 Å². The number of aromatic nitrogens is 4. The molecule has 11 heteroatoms. The van der Waals surface area contributed by atoms with E-state index in [4.69, 9.17) is 14.2 Å². The van der Waals surface area contributed by atoms with E-state index in [1.807, 2.05) is 6.92 Å². The smallest absolute Gasteiger partial charge is 0.407 e. The zero-order valence-corrected chi connectivity index (χ0v) is 17.2. The summed E-state index contributed by atoms with van der Waals surface area (Å²) in [5.74, 6) is 0.0426. The standard InChI is InChI=1S/C19H26N6O5/c1-19(4-5-19)21-18(27)30-12-7-15(29-10-12)13-8-16(23-22-13)20-17(26)14-6-11(9-28-3)24-25(14)2/h6,8,12,15H,4-5,7,9-10H2,1-3H3,(H,21,27)(H2,20,22,23,26). The minimum absolute atomic E-state index is 0.120. The molecular formula is C19H26N6O5. The molecule has 0 spiro atoms. The van der Waals surface area contributed by atoms with Crippen LogP contribution in [0.3, 0.4) is 0 Å². The van der Waals surface area contributed by atoms with Crippen molar-refractivity contribution < 1.29 is 23.8 Å². The lowest BCUT2D eigenvalue weighted by atomic mass is 10.1. The molecule has 1 saturated carbocycles. The summed E-state index contributed by atoms with van der Waals surface area (Å²) in [6.45, 7) is 2.63. The number of hydrogen-bond donors (Lipinski definition) is 3. The number of alkyl carbamates (subject to hydrolysis) is 1. The van der Waals surface area contributed by atoms with Gasteiger partial charge in [-0.1, -0.05) is 0 Å². The Labute approximate surface area is 173 Å². The van der Waals surface area contributed by atoms with E-state index in [1.54, 1.807) is 26.3 Å². The van der Waals surface area contributed by atoms with E-state index in [0.29, 0.717) is 42.5 Å². The van der Waals surface area contributed by atoms with E-state index in [9.17, 15) is 9.59 Å². The van der Waals surface area contributed by atoms with Crippen LogP contribution < -0.4 is 10.6 Å². The number of carbonyl (C=O) groups is 2. The maximum Gasteiger partial charge on any atom is 0.407 e. The number of methoxy groups -OCH3 is 1. The van der Waals surface area contributed by atoms with Gasteiger partial charge in [-0.05, 0) is 25.8 Å². The number of carbonyl (C=O) groups excluding carboxylic acids is 2. The summed E-state index contributed by atoms with van der Waals surface area (Å²) in [5, 5.41) is 16.8. The Morgan fingerprint density at radius 3 is 2.93 bits per heavy atom. The molecule has 2 aromatic heterocycles. The number of rotatable bonds is 7. The summed E-state index contributed by atoms with van der Waals surface area (Å²) in [4.78, 5) is 24.5. The Morgan fingerprint density at radius 2 is 2.20 bits per heavy atom. The molecule has 11 nitrogen and oxygen atoms in total. The summed E-state index contributed by atoms with van der Waals surface area (Å²) >= 11 is 0. The van der Waals surface area contributed by atoms with Crippen LogP contribution in [0.15, 0.2) is 12.1 Å². The normalized spacial score (nSPS) is 22.0. The minimum atomic E-state index is -0.411. The van der Waals surface area contributed by atoms with Crippen molar-refractivity contribution in [2.24, 2.45) is 7.05 Å². The van der Waals surface area contributed by atoms with Gasteiger partial charge in [-0.3, -0.25) is 14.6 Å². The van der Waals surface area contributed by atoms with Crippen molar-refractivity contribution >= 4 is 17.8 Å². The van der Waals surface area contributed by atoms with Crippen molar-refractivity contribution in [1.82, 2.24) is 25.3 Å². The highest BCUT2D eigenvalue weighted by molar-refractivity contribution is 6.02. The molecule has 2 unspecified atom stereocenters. The molecule has 2 atom stereocenters. The monoisotopic (exact) mass is 418 g/mol. The average Bonchev–Trinajstić information content (AvgIpc) is 3.09. The van der Waals surface area contributed by atoms with Gasteiger partial charge in [-0.2, -0.15) is 10.2 Å². The van der Waals surface area contributed by atoms with E-state index in [2.05, 4.69) is 25.9 Å². The second kappa shape index (κ2) is 8.07. The fraction of sp³-hybridized carbons (Fsp3) is 0.579. The molecule has 2 aliphatic rings. The third-order valence-electron chi connectivity index (χ3n) is 5.28. The highest BCUT2D eigenvalue weighted by Crippen LogP contribution is 2.35. The van der Waals surface area contributed by atoms with Gasteiger partial charge in [0.05, 0.1) is 24.6 Å². The van der Waals surface area contributed by atoms with Crippen molar-refractivity contribution in [3.8, 4) is 0 Å². The first kappa shape index (κ1) is 20.4. The highest BCUT2D eigenvalue weighted by Gasteiger charge is 2.40. The van der Waals surface area contributed by atoms with Crippen molar-refractivity contribution in [2.45, 2.75) is 50.5 Å². The number of anilines is 1. The fourth-order valence-corrected chi connectivity index (χ4v) is 3.34. The molecule has 1 aliphatic heterocycles. The summed E-state index contributed by atoms with van der Waals surface area (Å²) in [6.07, 6.45) is 1.44. The van der Waals surface area contributed by atoms with Crippen LogP contribution >= 0.6 is 0 Å². The Kier molecular flexibility index (Phi) is 5.48. The van der Waals surface area contributed by atoms with Crippen LogP contribution in [0.25, 0.3) is 0 Å². The van der Waals surface area contributed by atoms with E-state index < -0.39 is 6.09 Å². The molecule has 2 aromatic rings. The summed E-state index contributed by atoms with van der Waals surface area (Å²) < 4.78 is 17.7. The lowest BCUT2D eigenvalue weighted by Crippen LogP contribution is -2.37. The molecule has 0 aromatic carbocycles. The lowest BCUT2D eigenvalue weighted by Gasteiger charge is -2.15. The van der Waals surface area contributed by atoms with Crippen LogP contribution in [-0.2, 0) is 27.9 Å². The number of hydrogen-bond acceptors (Lipinski definition) is 7. The van der Waals surface area contributed by atoms with Gasteiger partial charge < -0.3 is 24.8 Å². The number of H-pyrrole nitrogens is 1. The fourth-order valence-electron chi connectivity index (χ4n) is 3.34. The van der Waals surface area contributed by atoms with Gasteiger partial charge in [0.25, 0.3) is 5.91 Å². The molecule has 0 radical (unpaired) electrons. The van der Waals surface area contributed by atoms with E-state index in [0.717, 1.165) is 12.8 Å². The first-order valence-electron chi connectivity index (χ1n) is 9.84. The van der Waals surface area contributed by atoms with Gasteiger partial charge >= 0.3 is 6.09 Å². The van der Waals surface area contributed by atoms with Gasteiger partial charge in [0, 0.05) is 32.2 Å². The number of ether oxygens (including phenoxy) is 3. The zero-order chi connectivity index (χ0) is 21.3. The molecular weight excluding hydrogens is 392 g/mol. The molecule has 4 rings (SSSR count). The zero-order valence-electron chi connectivity index (χ0n) is 17.2. The van der Waals surface area contributed by atoms with Crippen LogP contribution in [0.1, 0.15) is 54.2 Å². The van der Waals surface area contributed by atoms with Crippen LogP contribution in [0, 0.1) is 0 Å². The molecule has 1 aliphatic carbocycles. The SMILES string of the molecule is COCc1cc(C(=O)Nc2cc(C3CC(OC(=O)NC4(C)CC4)CO3)[nH]n2)n(C)n1. The van der Waals surface area contributed by atoms with Crippen molar-refractivity contribution in [2.75, 3.05) is 19.0 Å². The highest BCUT2D eigenvalue weighted by atomic mass is 16.6.